The highest BCUT2D eigenvalue weighted by Crippen LogP contribution is 2.32. The molecular formula is C24H27N3O4S. The van der Waals surface area contributed by atoms with E-state index >= 15 is 0 Å². The second-order valence-corrected chi connectivity index (χ2v) is 9.52. The lowest BCUT2D eigenvalue weighted by atomic mass is 9.90. The minimum atomic E-state index is -1.04. The van der Waals surface area contributed by atoms with Gasteiger partial charge in [0.25, 0.3) is 11.5 Å². The smallest absolute Gasteiger partial charge is 0.349 e. The number of thiophene rings is 1. The van der Waals surface area contributed by atoms with E-state index in [-0.39, 0.29) is 11.2 Å². The number of anilines is 1. The second kappa shape index (κ2) is 8.78. The molecular weight excluding hydrogens is 426 g/mol. The van der Waals surface area contributed by atoms with E-state index in [2.05, 4.69) is 12.2 Å². The monoisotopic (exact) mass is 453 g/mol. The Kier molecular flexibility index (Phi) is 6.06. The highest BCUT2D eigenvalue weighted by atomic mass is 32.1. The van der Waals surface area contributed by atoms with Crippen LogP contribution in [0.4, 0.5) is 5.69 Å². The third kappa shape index (κ3) is 4.14. The number of hydrogen-bond acceptors (Lipinski definition) is 5. The predicted molar refractivity (Wildman–Crippen MR) is 125 cm³/mol. The number of ether oxygens (including phenoxy) is 1. The quantitative estimate of drug-likeness (QED) is 0.595. The molecule has 32 heavy (non-hydrogen) atoms. The summed E-state index contributed by atoms with van der Waals surface area (Å²) >= 11 is 1.45. The molecule has 2 unspecified atom stereocenters. The fourth-order valence-electron chi connectivity index (χ4n) is 4.02. The summed E-state index contributed by atoms with van der Waals surface area (Å²) in [4.78, 5) is 40.1. The van der Waals surface area contributed by atoms with Gasteiger partial charge in [0.2, 0.25) is 0 Å². The van der Waals surface area contributed by atoms with E-state index in [4.69, 9.17) is 4.74 Å². The molecule has 2 aromatic heterocycles. The number of aromatic nitrogens is 2. The van der Waals surface area contributed by atoms with E-state index in [1.807, 2.05) is 36.4 Å². The van der Waals surface area contributed by atoms with Gasteiger partial charge >= 0.3 is 5.97 Å². The molecule has 7 nitrogen and oxygen atoms in total. The molecule has 1 aromatic carbocycles. The Balaban J connectivity index is 1.48. The summed E-state index contributed by atoms with van der Waals surface area (Å²) in [6, 6.07) is 11.1. The number of rotatable bonds is 5. The van der Waals surface area contributed by atoms with Gasteiger partial charge in [-0.05, 0) is 62.8 Å². The summed E-state index contributed by atoms with van der Waals surface area (Å²) in [5.41, 5.74) is 2.33. The van der Waals surface area contributed by atoms with Crippen LogP contribution in [0, 0.1) is 12.8 Å². The molecule has 8 heteroatoms. The Labute approximate surface area is 190 Å². The molecule has 0 bridgehead atoms. The number of benzene rings is 1. The molecule has 4 rings (SSSR count). The Bertz CT molecular complexity index is 1220. The van der Waals surface area contributed by atoms with E-state index in [0.29, 0.717) is 22.2 Å². The van der Waals surface area contributed by atoms with Crippen LogP contribution in [0.1, 0.15) is 46.1 Å². The molecule has 1 amide bonds. The summed E-state index contributed by atoms with van der Waals surface area (Å²) in [7, 11) is 1.75. The Morgan fingerprint density at radius 3 is 2.69 bits per heavy atom. The topological polar surface area (TPSA) is 82.3 Å². The number of amides is 1. The lowest BCUT2D eigenvalue weighted by molar-refractivity contribution is -0.123. The lowest BCUT2D eigenvalue weighted by Crippen LogP contribution is -2.32. The van der Waals surface area contributed by atoms with Crippen molar-refractivity contribution >= 4 is 28.9 Å². The highest BCUT2D eigenvalue weighted by Gasteiger charge is 2.26. The molecule has 1 aliphatic carbocycles. The van der Waals surface area contributed by atoms with Gasteiger partial charge in [0.1, 0.15) is 10.6 Å². The SMILES string of the molecule is Cc1c(NC(=O)C(C)OC(=O)c2cc3c(s2)CCC(C)C3)c(=O)n(-c2ccccc2)n1C. The lowest BCUT2D eigenvalue weighted by Gasteiger charge is -2.16. The normalized spacial score (nSPS) is 16.3. The largest absolute Gasteiger partial charge is 0.448 e. The van der Waals surface area contributed by atoms with Gasteiger partial charge in [-0.15, -0.1) is 11.3 Å². The van der Waals surface area contributed by atoms with Crippen molar-refractivity contribution < 1.29 is 14.3 Å². The maximum atomic E-state index is 13.0. The van der Waals surface area contributed by atoms with E-state index in [1.165, 1.54) is 33.4 Å². The van der Waals surface area contributed by atoms with Gasteiger partial charge in [-0.2, -0.15) is 0 Å². The maximum absolute atomic E-state index is 13.0. The fraction of sp³-hybridized carbons (Fsp3) is 0.375. The van der Waals surface area contributed by atoms with E-state index in [0.717, 1.165) is 19.3 Å². The number of nitrogens with zero attached hydrogens (tertiary/aromatic N) is 2. The van der Waals surface area contributed by atoms with Gasteiger partial charge in [0.15, 0.2) is 6.10 Å². The molecule has 0 saturated heterocycles. The maximum Gasteiger partial charge on any atom is 0.349 e. The van der Waals surface area contributed by atoms with Crippen LogP contribution in [0.15, 0.2) is 41.2 Å². The number of carbonyl (C=O) groups is 2. The van der Waals surface area contributed by atoms with Crippen molar-refractivity contribution in [3.8, 4) is 5.69 Å². The average Bonchev–Trinajstić information content (AvgIpc) is 3.28. The standard InChI is InChI=1S/C24H27N3O4S/c1-14-10-11-19-17(12-14)13-20(32-19)24(30)31-16(3)22(28)25-21-15(2)26(4)27(23(21)29)18-8-6-5-7-9-18/h5-9,13-14,16H,10-12H2,1-4H3,(H,25,28). The zero-order valence-electron chi connectivity index (χ0n) is 18.7. The summed E-state index contributed by atoms with van der Waals surface area (Å²) in [5, 5.41) is 2.65. The molecule has 2 heterocycles. The Morgan fingerprint density at radius 2 is 1.97 bits per heavy atom. The molecule has 0 aliphatic heterocycles. The number of para-hydroxylation sites is 1. The number of hydrogen-bond donors (Lipinski definition) is 1. The minimum absolute atomic E-state index is 0.171. The average molecular weight is 454 g/mol. The van der Waals surface area contributed by atoms with Crippen LogP contribution in [0.2, 0.25) is 0 Å². The zero-order valence-corrected chi connectivity index (χ0v) is 19.5. The molecule has 0 fully saturated rings. The van der Waals surface area contributed by atoms with Crippen LogP contribution in [0.3, 0.4) is 0 Å². The number of nitrogens with one attached hydrogen (secondary N) is 1. The number of aryl methyl sites for hydroxylation is 1. The van der Waals surface area contributed by atoms with Gasteiger partial charge in [-0.1, -0.05) is 25.1 Å². The molecule has 168 valence electrons. The first-order valence-electron chi connectivity index (χ1n) is 10.7. The first-order valence-corrected chi connectivity index (χ1v) is 11.5. The van der Waals surface area contributed by atoms with Crippen LogP contribution in [-0.2, 0) is 29.4 Å². The van der Waals surface area contributed by atoms with E-state index in [1.54, 1.807) is 18.7 Å². The molecule has 2 atom stereocenters. The second-order valence-electron chi connectivity index (χ2n) is 8.38. The van der Waals surface area contributed by atoms with Crippen LogP contribution < -0.4 is 10.9 Å². The highest BCUT2D eigenvalue weighted by molar-refractivity contribution is 7.14. The van der Waals surface area contributed by atoms with Crippen LogP contribution in [0.5, 0.6) is 0 Å². The van der Waals surface area contributed by atoms with Crippen LogP contribution >= 0.6 is 11.3 Å². The van der Waals surface area contributed by atoms with Gasteiger partial charge in [0, 0.05) is 11.9 Å². The summed E-state index contributed by atoms with van der Waals surface area (Å²) in [5.74, 6) is -0.440. The number of fused-ring (bicyclic) bond motifs is 1. The summed E-state index contributed by atoms with van der Waals surface area (Å²) < 4.78 is 8.59. The van der Waals surface area contributed by atoms with Crippen molar-refractivity contribution in [3.05, 3.63) is 67.8 Å². The van der Waals surface area contributed by atoms with Crippen molar-refractivity contribution in [3.63, 3.8) is 0 Å². The van der Waals surface area contributed by atoms with Crippen molar-refractivity contribution in [1.29, 1.82) is 0 Å². The van der Waals surface area contributed by atoms with Gasteiger partial charge in [-0.25, -0.2) is 9.48 Å². The summed E-state index contributed by atoms with van der Waals surface area (Å²) in [6.45, 7) is 5.48. The van der Waals surface area contributed by atoms with Gasteiger partial charge in [-0.3, -0.25) is 14.3 Å². The van der Waals surface area contributed by atoms with Crippen molar-refractivity contribution in [1.82, 2.24) is 9.36 Å². The predicted octanol–water partition coefficient (Wildman–Crippen LogP) is 3.85. The minimum Gasteiger partial charge on any atom is -0.448 e. The van der Waals surface area contributed by atoms with Gasteiger partial charge in [0.05, 0.1) is 11.4 Å². The zero-order chi connectivity index (χ0) is 23.0. The van der Waals surface area contributed by atoms with Crippen molar-refractivity contribution in [2.24, 2.45) is 13.0 Å². The Morgan fingerprint density at radius 1 is 1.25 bits per heavy atom. The number of carbonyl (C=O) groups excluding carboxylic acids is 2. The third-order valence-electron chi connectivity index (χ3n) is 5.99. The third-order valence-corrected chi connectivity index (χ3v) is 7.20. The van der Waals surface area contributed by atoms with Crippen LogP contribution in [0.25, 0.3) is 5.69 Å². The first-order chi connectivity index (χ1) is 15.3. The van der Waals surface area contributed by atoms with Crippen molar-refractivity contribution in [2.75, 3.05) is 5.32 Å². The molecule has 3 aromatic rings. The fourth-order valence-corrected chi connectivity index (χ4v) is 5.11. The molecule has 0 saturated carbocycles. The molecule has 1 N–H and O–H groups in total. The molecule has 1 aliphatic rings. The molecule has 0 spiro atoms. The van der Waals surface area contributed by atoms with E-state index in [9.17, 15) is 14.4 Å². The number of esters is 1. The first kappa shape index (κ1) is 22.1. The Hall–Kier alpha value is -3.13. The molecule has 0 radical (unpaired) electrons. The van der Waals surface area contributed by atoms with Crippen LogP contribution in [-0.4, -0.2) is 27.3 Å². The summed E-state index contributed by atoms with van der Waals surface area (Å²) in [6.07, 6.45) is 2.03. The van der Waals surface area contributed by atoms with Gasteiger partial charge < -0.3 is 10.1 Å². The van der Waals surface area contributed by atoms with E-state index < -0.39 is 18.0 Å². The van der Waals surface area contributed by atoms with Crippen molar-refractivity contribution in [2.45, 2.75) is 46.1 Å².